The Hall–Kier alpha value is -3.92. The van der Waals surface area contributed by atoms with Crippen molar-refractivity contribution in [2.45, 2.75) is 6.54 Å². The standard InChI is InChI=1S/C20H20N4O6/c25-13-11-21-17(26)30-14-12-22-18(27)23(15-7-3-1-4-8-15)20(29)24(19(22)28)16-9-5-2-6-10-16/h1-10,25H,11-14H2,(H,21,26). The van der Waals surface area contributed by atoms with Crippen molar-refractivity contribution in [2.75, 3.05) is 19.8 Å². The van der Waals surface area contributed by atoms with Crippen molar-refractivity contribution >= 4 is 6.09 Å². The molecule has 0 aliphatic rings. The summed E-state index contributed by atoms with van der Waals surface area (Å²) in [6.07, 6.45) is -0.795. The highest BCUT2D eigenvalue weighted by atomic mass is 16.5. The Morgan fingerprint density at radius 1 is 0.833 bits per heavy atom. The van der Waals surface area contributed by atoms with Crippen molar-refractivity contribution < 1.29 is 14.6 Å². The molecule has 2 aromatic carbocycles. The van der Waals surface area contributed by atoms with E-state index in [4.69, 9.17) is 9.84 Å². The van der Waals surface area contributed by atoms with Gasteiger partial charge < -0.3 is 15.2 Å². The minimum atomic E-state index is -0.845. The van der Waals surface area contributed by atoms with Crippen LogP contribution in [0.15, 0.2) is 75.0 Å². The predicted octanol–water partition coefficient (Wildman–Crippen LogP) is -0.131. The fourth-order valence-corrected chi connectivity index (χ4v) is 2.81. The van der Waals surface area contributed by atoms with E-state index in [0.29, 0.717) is 11.4 Å². The molecule has 30 heavy (non-hydrogen) atoms. The monoisotopic (exact) mass is 412 g/mol. The number of aliphatic hydroxyl groups excluding tert-OH is 1. The van der Waals surface area contributed by atoms with Crippen LogP contribution < -0.4 is 22.4 Å². The number of aromatic nitrogens is 3. The molecule has 0 aliphatic heterocycles. The third-order valence-corrected chi connectivity index (χ3v) is 4.18. The number of rotatable bonds is 7. The summed E-state index contributed by atoms with van der Waals surface area (Å²) >= 11 is 0. The van der Waals surface area contributed by atoms with Crippen LogP contribution in [0.25, 0.3) is 11.4 Å². The maximum atomic E-state index is 13.1. The molecule has 0 saturated heterocycles. The van der Waals surface area contributed by atoms with Gasteiger partial charge in [0.15, 0.2) is 0 Å². The van der Waals surface area contributed by atoms with Gasteiger partial charge in [0.1, 0.15) is 6.61 Å². The zero-order chi connectivity index (χ0) is 21.5. The van der Waals surface area contributed by atoms with Crippen LogP contribution >= 0.6 is 0 Å². The highest BCUT2D eigenvalue weighted by Gasteiger charge is 2.18. The van der Waals surface area contributed by atoms with E-state index in [2.05, 4.69) is 5.32 Å². The number of para-hydroxylation sites is 2. The zero-order valence-electron chi connectivity index (χ0n) is 15.9. The first-order chi connectivity index (χ1) is 14.5. The van der Waals surface area contributed by atoms with Crippen LogP contribution in [0.1, 0.15) is 0 Å². The summed E-state index contributed by atoms with van der Waals surface area (Å²) in [6, 6.07) is 16.4. The maximum absolute atomic E-state index is 13.1. The van der Waals surface area contributed by atoms with Crippen molar-refractivity contribution in [3.63, 3.8) is 0 Å². The molecule has 3 rings (SSSR count). The molecule has 1 amide bonds. The Bertz CT molecular complexity index is 1100. The Morgan fingerprint density at radius 3 is 1.80 bits per heavy atom. The van der Waals surface area contributed by atoms with Crippen molar-refractivity contribution in [1.82, 2.24) is 19.0 Å². The Kier molecular flexibility index (Phi) is 6.60. The molecule has 10 nitrogen and oxygen atoms in total. The van der Waals surface area contributed by atoms with E-state index in [1.165, 1.54) is 0 Å². The van der Waals surface area contributed by atoms with E-state index in [1.807, 2.05) is 0 Å². The Labute approximate surface area is 170 Å². The fraction of sp³-hybridized carbons (Fsp3) is 0.200. The molecule has 3 aromatic rings. The van der Waals surface area contributed by atoms with Crippen LogP contribution in [0.5, 0.6) is 0 Å². The largest absolute Gasteiger partial charge is 0.448 e. The lowest BCUT2D eigenvalue weighted by Gasteiger charge is -2.14. The number of nitrogens with zero attached hydrogens (tertiary/aromatic N) is 3. The molecular weight excluding hydrogens is 392 g/mol. The quantitative estimate of drug-likeness (QED) is 0.557. The first kappa shape index (κ1) is 20.8. The second-order valence-electron chi connectivity index (χ2n) is 6.13. The number of carbonyl (C=O) groups excluding carboxylic acids is 1. The van der Waals surface area contributed by atoms with Crippen LogP contribution in [-0.2, 0) is 11.3 Å². The summed E-state index contributed by atoms with van der Waals surface area (Å²) < 4.78 is 7.54. The number of hydrogen-bond acceptors (Lipinski definition) is 6. The van der Waals surface area contributed by atoms with Crippen LogP contribution in [0.4, 0.5) is 4.79 Å². The Balaban J connectivity index is 2.08. The van der Waals surface area contributed by atoms with Crippen molar-refractivity contribution in [3.8, 4) is 11.4 Å². The van der Waals surface area contributed by atoms with Crippen molar-refractivity contribution in [3.05, 3.63) is 92.1 Å². The Morgan fingerprint density at radius 2 is 1.33 bits per heavy atom. The number of nitrogens with one attached hydrogen (secondary N) is 1. The molecule has 0 bridgehead atoms. The minimum Gasteiger partial charge on any atom is -0.448 e. The second kappa shape index (κ2) is 9.52. The van der Waals surface area contributed by atoms with Gasteiger partial charge in [-0.25, -0.2) is 32.9 Å². The highest BCUT2D eigenvalue weighted by molar-refractivity contribution is 5.66. The fourth-order valence-electron chi connectivity index (χ4n) is 2.81. The summed E-state index contributed by atoms with van der Waals surface area (Å²) in [4.78, 5) is 50.5. The molecule has 0 saturated carbocycles. The average Bonchev–Trinajstić information content (AvgIpc) is 2.76. The average molecular weight is 412 g/mol. The van der Waals surface area contributed by atoms with Gasteiger partial charge in [0.05, 0.1) is 24.5 Å². The third-order valence-electron chi connectivity index (χ3n) is 4.18. The molecule has 0 atom stereocenters. The molecule has 0 aliphatic carbocycles. The second-order valence-corrected chi connectivity index (χ2v) is 6.13. The van der Waals surface area contributed by atoms with Crippen molar-refractivity contribution in [2.24, 2.45) is 0 Å². The van der Waals surface area contributed by atoms with Crippen LogP contribution in [0.3, 0.4) is 0 Å². The number of aliphatic hydroxyl groups is 1. The van der Waals surface area contributed by atoms with Crippen LogP contribution in [-0.4, -0.2) is 44.7 Å². The molecule has 1 aromatic heterocycles. The normalized spacial score (nSPS) is 10.6. The first-order valence-electron chi connectivity index (χ1n) is 9.16. The molecule has 0 spiro atoms. The smallest absolute Gasteiger partial charge is 0.407 e. The van der Waals surface area contributed by atoms with Gasteiger partial charge in [-0.15, -0.1) is 0 Å². The van der Waals surface area contributed by atoms with Gasteiger partial charge >= 0.3 is 23.2 Å². The van der Waals surface area contributed by atoms with Gasteiger partial charge in [-0.3, -0.25) is 0 Å². The highest BCUT2D eigenvalue weighted by Crippen LogP contribution is 2.03. The number of amides is 1. The van der Waals surface area contributed by atoms with E-state index in [-0.39, 0.29) is 26.3 Å². The van der Waals surface area contributed by atoms with Crippen LogP contribution in [0, 0.1) is 0 Å². The lowest BCUT2D eigenvalue weighted by atomic mass is 10.3. The van der Waals surface area contributed by atoms with Gasteiger partial charge in [-0.05, 0) is 24.3 Å². The predicted molar refractivity (Wildman–Crippen MR) is 108 cm³/mol. The zero-order valence-corrected chi connectivity index (χ0v) is 15.9. The SMILES string of the molecule is O=C(NCCO)OCCn1c(=O)n(-c2ccccc2)c(=O)n(-c2ccccc2)c1=O. The van der Waals surface area contributed by atoms with E-state index in [0.717, 1.165) is 13.7 Å². The number of alkyl carbamates (subject to hydrolysis) is 1. The topological polar surface area (TPSA) is 125 Å². The van der Waals surface area contributed by atoms with Gasteiger partial charge in [0, 0.05) is 6.54 Å². The maximum Gasteiger partial charge on any atom is 0.407 e. The lowest BCUT2D eigenvalue weighted by Crippen LogP contribution is -2.53. The molecular formula is C20H20N4O6. The van der Waals surface area contributed by atoms with Gasteiger partial charge in [-0.2, -0.15) is 0 Å². The van der Waals surface area contributed by atoms with E-state index in [1.54, 1.807) is 60.7 Å². The molecule has 0 radical (unpaired) electrons. The van der Waals surface area contributed by atoms with E-state index < -0.39 is 23.2 Å². The summed E-state index contributed by atoms with van der Waals surface area (Å²) in [5, 5.41) is 11.0. The van der Waals surface area contributed by atoms with Gasteiger partial charge in [0.2, 0.25) is 0 Å². The number of carbonyl (C=O) groups is 1. The van der Waals surface area contributed by atoms with Gasteiger partial charge in [0.25, 0.3) is 0 Å². The number of hydrogen-bond donors (Lipinski definition) is 2. The summed E-state index contributed by atoms with van der Waals surface area (Å²) in [5.74, 6) is 0. The summed E-state index contributed by atoms with van der Waals surface area (Å²) in [5.41, 5.74) is -1.90. The third kappa shape index (κ3) is 4.39. The first-order valence-corrected chi connectivity index (χ1v) is 9.16. The molecule has 0 fully saturated rings. The number of benzene rings is 2. The molecule has 1 heterocycles. The lowest BCUT2D eigenvalue weighted by molar-refractivity contribution is 0.138. The van der Waals surface area contributed by atoms with Gasteiger partial charge in [-0.1, -0.05) is 36.4 Å². The molecule has 156 valence electrons. The van der Waals surface area contributed by atoms with Crippen molar-refractivity contribution in [1.29, 1.82) is 0 Å². The van der Waals surface area contributed by atoms with Crippen LogP contribution in [0.2, 0.25) is 0 Å². The molecule has 0 unspecified atom stereocenters. The molecule has 10 heteroatoms. The summed E-state index contributed by atoms with van der Waals surface area (Å²) in [7, 11) is 0. The van der Waals surface area contributed by atoms with E-state index in [9.17, 15) is 19.2 Å². The number of ether oxygens (including phenoxy) is 1. The summed E-state index contributed by atoms with van der Waals surface area (Å²) in [6.45, 7) is -0.783. The molecule has 2 N–H and O–H groups in total. The van der Waals surface area contributed by atoms with E-state index >= 15 is 0 Å². The minimum absolute atomic E-state index is 0.0124.